The number of alkyl halides is 2. The molecule has 2 aliphatic heterocycles. The van der Waals surface area contributed by atoms with Gasteiger partial charge in [-0.25, -0.2) is 13.8 Å². The van der Waals surface area contributed by atoms with Gasteiger partial charge in [0.1, 0.15) is 5.82 Å². The van der Waals surface area contributed by atoms with E-state index >= 15 is 0 Å². The molecule has 0 bridgehead atoms. The first-order valence-electron chi connectivity index (χ1n) is 11.3. The highest BCUT2D eigenvalue weighted by Gasteiger charge is 2.46. The van der Waals surface area contributed by atoms with Crippen LogP contribution in [0.2, 0.25) is 0 Å². The predicted octanol–water partition coefficient (Wildman–Crippen LogP) is 4.06. The van der Waals surface area contributed by atoms with E-state index < -0.39 is 5.92 Å². The molecule has 2 aromatic heterocycles. The summed E-state index contributed by atoms with van der Waals surface area (Å²) in [6, 6.07) is 9.66. The monoisotopic (exact) mass is 450 g/mol. The lowest BCUT2D eigenvalue weighted by atomic mass is 10.0. The molecular weight excluding hydrogens is 426 g/mol. The number of carbonyl (C=O) groups excluding carboxylic acids is 1. The molecule has 0 spiro atoms. The molecule has 0 unspecified atom stereocenters. The number of hydrogen-bond donors (Lipinski definition) is 0. The van der Waals surface area contributed by atoms with Crippen LogP contribution in [0.5, 0.6) is 0 Å². The molecule has 0 N–H and O–H groups in total. The number of likely N-dealkylation sites (tertiary alicyclic amines) is 1. The second-order valence-corrected chi connectivity index (χ2v) is 9.50. The van der Waals surface area contributed by atoms with Crippen LogP contribution in [-0.4, -0.2) is 45.9 Å². The maximum Gasteiger partial charge on any atom is 0.258 e. The Morgan fingerprint density at radius 3 is 2.73 bits per heavy atom. The molecule has 1 saturated carbocycles. The number of aryl methyl sites for hydroxylation is 1. The quantitative estimate of drug-likeness (QED) is 0.591. The molecular formula is C25H24F2N4O2. The van der Waals surface area contributed by atoms with Crippen LogP contribution in [0.25, 0.3) is 10.8 Å². The van der Waals surface area contributed by atoms with Crippen molar-refractivity contribution in [2.24, 2.45) is 13.0 Å². The fourth-order valence-electron chi connectivity index (χ4n) is 5.19. The van der Waals surface area contributed by atoms with Gasteiger partial charge in [0.25, 0.3) is 17.4 Å². The predicted molar refractivity (Wildman–Crippen MR) is 121 cm³/mol. The van der Waals surface area contributed by atoms with Gasteiger partial charge in [0.15, 0.2) is 0 Å². The van der Waals surface area contributed by atoms with E-state index in [1.165, 1.54) is 4.90 Å². The van der Waals surface area contributed by atoms with Gasteiger partial charge >= 0.3 is 0 Å². The Bertz CT molecular complexity index is 1340. The smallest absolute Gasteiger partial charge is 0.258 e. The highest BCUT2D eigenvalue weighted by atomic mass is 19.3. The topological polar surface area (TPSA) is 58.4 Å². The molecule has 2 atom stereocenters. The van der Waals surface area contributed by atoms with E-state index in [9.17, 15) is 18.4 Å². The van der Waals surface area contributed by atoms with Gasteiger partial charge in [-0.05, 0) is 59.5 Å². The Morgan fingerprint density at radius 2 is 1.94 bits per heavy atom. The molecule has 6 rings (SSSR count). The van der Waals surface area contributed by atoms with E-state index in [1.807, 2.05) is 30.3 Å². The number of halogens is 2. The number of amides is 1. The molecule has 170 valence electrons. The summed E-state index contributed by atoms with van der Waals surface area (Å²) in [6.45, 7) is 0.977. The zero-order valence-electron chi connectivity index (χ0n) is 18.3. The Balaban J connectivity index is 1.33. The molecule has 3 aliphatic rings. The third-order valence-electron chi connectivity index (χ3n) is 7.29. The molecule has 6 nitrogen and oxygen atoms in total. The van der Waals surface area contributed by atoms with Gasteiger partial charge in [-0.2, -0.15) is 0 Å². The van der Waals surface area contributed by atoms with Crippen molar-refractivity contribution >= 4 is 28.2 Å². The number of rotatable bonds is 2. The average molecular weight is 450 g/mol. The lowest BCUT2D eigenvalue weighted by Gasteiger charge is -2.33. The van der Waals surface area contributed by atoms with Crippen LogP contribution in [0, 0.1) is 5.92 Å². The Hall–Kier alpha value is -3.29. The summed E-state index contributed by atoms with van der Waals surface area (Å²) >= 11 is 0. The third-order valence-corrected chi connectivity index (χ3v) is 7.29. The van der Waals surface area contributed by atoms with Crippen LogP contribution in [0.15, 0.2) is 47.5 Å². The van der Waals surface area contributed by atoms with Crippen LogP contribution >= 0.6 is 0 Å². The molecule has 33 heavy (non-hydrogen) atoms. The maximum absolute atomic E-state index is 13.5. The van der Waals surface area contributed by atoms with Gasteiger partial charge < -0.3 is 14.4 Å². The number of nitrogens with zero attached hydrogens (tertiary/aromatic N) is 4. The van der Waals surface area contributed by atoms with Crippen molar-refractivity contribution in [1.29, 1.82) is 0 Å². The van der Waals surface area contributed by atoms with Crippen molar-refractivity contribution in [2.75, 3.05) is 24.5 Å². The normalized spacial score (nSPS) is 23.2. The first-order chi connectivity index (χ1) is 15.8. The largest absolute Gasteiger partial charge is 0.338 e. The molecule has 1 aliphatic carbocycles. The second-order valence-electron chi connectivity index (χ2n) is 9.50. The summed E-state index contributed by atoms with van der Waals surface area (Å²) in [4.78, 5) is 33.7. The SMILES string of the molecule is Cn1ccc2cc(N3C[C@H]4C[C@H]4c4cc(C(=O)N5CCC(F)(F)CC5)cnc43)ccc2c1=O. The minimum Gasteiger partial charge on any atom is -0.338 e. The molecule has 3 aromatic rings. The number of hydrogen-bond acceptors (Lipinski definition) is 4. The van der Waals surface area contributed by atoms with E-state index in [0.29, 0.717) is 22.8 Å². The van der Waals surface area contributed by atoms with Gasteiger partial charge in [0, 0.05) is 63.0 Å². The molecule has 1 aromatic carbocycles. The highest BCUT2D eigenvalue weighted by Crippen LogP contribution is 2.55. The summed E-state index contributed by atoms with van der Waals surface area (Å²) in [5.74, 6) is -1.19. The van der Waals surface area contributed by atoms with E-state index in [1.54, 1.807) is 24.0 Å². The van der Waals surface area contributed by atoms with E-state index in [0.717, 1.165) is 35.4 Å². The zero-order chi connectivity index (χ0) is 22.9. The summed E-state index contributed by atoms with van der Waals surface area (Å²) in [7, 11) is 1.74. The number of carbonyl (C=O) groups is 1. The molecule has 8 heteroatoms. The zero-order valence-corrected chi connectivity index (χ0v) is 18.3. The van der Waals surface area contributed by atoms with Crippen molar-refractivity contribution in [3.63, 3.8) is 0 Å². The summed E-state index contributed by atoms with van der Waals surface area (Å²) in [6.07, 6.45) is 3.80. The van der Waals surface area contributed by atoms with Crippen molar-refractivity contribution < 1.29 is 13.6 Å². The van der Waals surface area contributed by atoms with Crippen LogP contribution in [0.4, 0.5) is 20.3 Å². The first-order valence-corrected chi connectivity index (χ1v) is 11.3. The molecule has 1 saturated heterocycles. The van der Waals surface area contributed by atoms with Crippen LogP contribution < -0.4 is 10.5 Å². The van der Waals surface area contributed by atoms with Crippen molar-refractivity contribution in [2.45, 2.75) is 31.1 Å². The highest BCUT2D eigenvalue weighted by molar-refractivity contribution is 5.95. The van der Waals surface area contributed by atoms with Crippen LogP contribution in [0.3, 0.4) is 0 Å². The average Bonchev–Trinajstić information content (AvgIpc) is 3.60. The molecule has 4 heterocycles. The lowest BCUT2D eigenvalue weighted by Crippen LogP contribution is -2.42. The summed E-state index contributed by atoms with van der Waals surface area (Å²) in [5, 5.41) is 1.55. The molecule has 1 amide bonds. The number of pyridine rings is 2. The summed E-state index contributed by atoms with van der Waals surface area (Å²) < 4.78 is 28.6. The molecule has 2 fully saturated rings. The standard InChI is InChI=1S/C25H24F2N4O2/c1-29-7-4-15-10-18(2-3-19(15)24(29)33)31-14-17-12-20(17)21-11-16(13-28-22(21)31)23(32)30-8-5-25(26,27)6-9-30/h2-4,7,10-11,13,17,20H,5-6,8-9,12,14H2,1H3/t17-,20-/m1/s1. The number of piperidine rings is 1. The number of fused-ring (bicyclic) bond motifs is 4. The third kappa shape index (κ3) is 3.39. The van der Waals surface area contributed by atoms with Gasteiger partial charge in [0.05, 0.1) is 5.56 Å². The second kappa shape index (κ2) is 7.10. The van der Waals surface area contributed by atoms with Gasteiger partial charge in [-0.1, -0.05) is 0 Å². The van der Waals surface area contributed by atoms with Crippen molar-refractivity contribution in [1.82, 2.24) is 14.5 Å². The van der Waals surface area contributed by atoms with Crippen LogP contribution in [-0.2, 0) is 7.05 Å². The van der Waals surface area contributed by atoms with E-state index in [2.05, 4.69) is 9.88 Å². The molecule has 0 radical (unpaired) electrons. The van der Waals surface area contributed by atoms with Gasteiger partial charge in [-0.3, -0.25) is 9.59 Å². The first kappa shape index (κ1) is 20.3. The summed E-state index contributed by atoms with van der Waals surface area (Å²) in [5.41, 5.74) is 2.45. The lowest BCUT2D eigenvalue weighted by molar-refractivity contribution is -0.0494. The number of aromatic nitrogens is 2. The van der Waals surface area contributed by atoms with E-state index in [-0.39, 0.29) is 37.4 Å². The Kier molecular flexibility index (Phi) is 4.38. The van der Waals surface area contributed by atoms with Gasteiger partial charge in [-0.15, -0.1) is 0 Å². The maximum atomic E-state index is 13.5. The van der Waals surface area contributed by atoms with Crippen molar-refractivity contribution in [3.8, 4) is 0 Å². The van der Waals surface area contributed by atoms with Crippen molar-refractivity contribution in [3.05, 3.63) is 64.2 Å². The fourth-order valence-corrected chi connectivity index (χ4v) is 5.19. The Labute approximate surface area is 189 Å². The Morgan fingerprint density at radius 1 is 1.15 bits per heavy atom. The number of benzene rings is 1. The number of anilines is 2. The van der Waals surface area contributed by atoms with Gasteiger partial charge in [0.2, 0.25) is 0 Å². The van der Waals surface area contributed by atoms with E-state index in [4.69, 9.17) is 0 Å². The fraction of sp³-hybridized carbons (Fsp3) is 0.400. The minimum absolute atomic E-state index is 0.0305. The van der Waals surface area contributed by atoms with Crippen LogP contribution in [0.1, 0.15) is 41.1 Å². The minimum atomic E-state index is -2.68.